The van der Waals surface area contributed by atoms with E-state index >= 15 is 0 Å². The molecule has 0 aliphatic rings. The number of H-pyrrole nitrogens is 1. The number of alkyl halides is 1. The molecule has 1 N–H and O–H groups in total. The fourth-order valence-corrected chi connectivity index (χ4v) is 2.38. The second-order valence-corrected chi connectivity index (χ2v) is 5.06. The first-order valence-electron chi connectivity index (χ1n) is 8.35. The van der Waals surface area contributed by atoms with Crippen LogP contribution in [0, 0.1) is 0 Å². The summed E-state index contributed by atoms with van der Waals surface area (Å²) in [5, 5.41) is 3.72. The first-order valence-corrected chi connectivity index (χ1v) is 8.35. The van der Waals surface area contributed by atoms with Gasteiger partial charge in [0.15, 0.2) is 5.82 Å². The van der Waals surface area contributed by atoms with E-state index in [1.54, 1.807) is 18.2 Å². The molecule has 0 fully saturated rings. The van der Waals surface area contributed by atoms with Crippen LogP contribution in [0.1, 0.15) is 50.2 Å². The van der Waals surface area contributed by atoms with Crippen molar-refractivity contribution in [2.75, 3.05) is 0 Å². The van der Waals surface area contributed by atoms with Crippen LogP contribution in [0.5, 0.6) is 0 Å². The van der Waals surface area contributed by atoms with Gasteiger partial charge in [-0.25, -0.2) is 9.18 Å². The minimum Gasteiger partial charge on any atom is -0.296 e. The van der Waals surface area contributed by atoms with Crippen molar-refractivity contribution in [3.63, 3.8) is 0 Å². The van der Waals surface area contributed by atoms with Gasteiger partial charge in [0.1, 0.15) is 6.67 Å². The van der Waals surface area contributed by atoms with Crippen molar-refractivity contribution in [3.05, 3.63) is 76.1 Å². The molecule has 1 heterocycles. The predicted molar refractivity (Wildman–Crippen MR) is 101 cm³/mol. The Kier molecular flexibility index (Phi) is 8.33. The van der Waals surface area contributed by atoms with Crippen LogP contribution in [0.2, 0.25) is 0 Å². The second kappa shape index (κ2) is 10.2. The Labute approximate surface area is 147 Å². The molecule has 0 radical (unpaired) electrons. The van der Waals surface area contributed by atoms with E-state index in [0.29, 0.717) is 17.0 Å². The number of nitrogens with zero attached hydrogens (tertiary/aromatic N) is 1. The molecule has 0 aliphatic carbocycles. The summed E-state index contributed by atoms with van der Waals surface area (Å²) in [6, 6.07) is 5.72. The van der Waals surface area contributed by atoms with Gasteiger partial charge in [0.25, 0.3) is 0 Å². The Morgan fingerprint density at radius 1 is 1.40 bits per heavy atom. The number of hydrogen-bond donors (Lipinski definition) is 1. The van der Waals surface area contributed by atoms with Crippen molar-refractivity contribution < 1.29 is 8.91 Å². The maximum Gasteiger partial charge on any atom is 0.439 e. The molecule has 0 saturated heterocycles. The van der Waals surface area contributed by atoms with Gasteiger partial charge in [-0.2, -0.15) is 0 Å². The molecule has 0 aliphatic heterocycles. The SMILES string of the molecule is C=C/C=C\C(=C(/C)c1ccc(CC)cc1CF)c1noc(=O)[nH]1.CC. The number of aryl methyl sites for hydroxylation is 1. The van der Waals surface area contributed by atoms with Crippen LogP contribution in [-0.2, 0) is 13.1 Å². The number of aromatic nitrogens is 2. The summed E-state index contributed by atoms with van der Waals surface area (Å²) >= 11 is 0. The normalized spacial score (nSPS) is 11.7. The van der Waals surface area contributed by atoms with E-state index in [-0.39, 0.29) is 0 Å². The summed E-state index contributed by atoms with van der Waals surface area (Å²) in [7, 11) is 0. The van der Waals surface area contributed by atoms with Gasteiger partial charge in [-0.3, -0.25) is 9.51 Å². The van der Waals surface area contributed by atoms with Gasteiger partial charge >= 0.3 is 5.76 Å². The van der Waals surface area contributed by atoms with Crippen molar-refractivity contribution >= 4 is 11.1 Å². The standard InChI is InChI=1S/C18H19FN2O2.C2H6/c1-4-6-7-16(17-20-18(22)23-21-17)12(3)15-9-8-13(5-2)10-14(15)11-19;1-2/h4,6-10H,1,5,11H2,2-3H3,(H,20,21,22);1-2H3/b7-6-,16-12-;. The van der Waals surface area contributed by atoms with Gasteiger partial charge in [-0.1, -0.05) is 68.9 Å². The van der Waals surface area contributed by atoms with Crippen LogP contribution in [0.15, 0.2) is 52.3 Å². The maximum atomic E-state index is 13.4. The van der Waals surface area contributed by atoms with Gasteiger partial charge in [-0.15, -0.1) is 0 Å². The molecular weight excluding hydrogens is 319 g/mol. The van der Waals surface area contributed by atoms with Crippen LogP contribution in [0.3, 0.4) is 0 Å². The number of hydrogen-bond acceptors (Lipinski definition) is 3. The zero-order chi connectivity index (χ0) is 18.8. The van der Waals surface area contributed by atoms with Gasteiger partial charge in [-0.05, 0) is 35.6 Å². The zero-order valence-corrected chi connectivity index (χ0v) is 15.2. The molecular formula is C20H25FN2O2. The molecule has 25 heavy (non-hydrogen) atoms. The lowest BCUT2D eigenvalue weighted by atomic mass is 9.94. The van der Waals surface area contributed by atoms with Crippen LogP contribution in [0.25, 0.3) is 11.1 Å². The van der Waals surface area contributed by atoms with Crippen LogP contribution in [0.4, 0.5) is 4.39 Å². The van der Waals surface area contributed by atoms with E-state index in [9.17, 15) is 9.18 Å². The van der Waals surface area contributed by atoms with E-state index in [0.717, 1.165) is 23.1 Å². The lowest BCUT2D eigenvalue weighted by Crippen LogP contribution is -1.99. The predicted octanol–water partition coefficient (Wildman–Crippen LogP) is 5.09. The van der Waals surface area contributed by atoms with Crippen LogP contribution in [-0.4, -0.2) is 10.1 Å². The second-order valence-electron chi connectivity index (χ2n) is 5.06. The molecule has 0 atom stereocenters. The number of rotatable bonds is 6. The molecule has 1 aromatic heterocycles. The number of halogens is 1. The lowest BCUT2D eigenvalue weighted by Gasteiger charge is -2.12. The average Bonchev–Trinajstić information content (AvgIpc) is 3.09. The third-order valence-corrected chi connectivity index (χ3v) is 3.62. The van der Waals surface area contributed by atoms with E-state index in [1.165, 1.54) is 0 Å². The van der Waals surface area contributed by atoms with Crippen molar-refractivity contribution in [3.8, 4) is 0 Å². The molecule has 5 heteroatoms. The number of aromatic amines is 1. The summed E-state index contributed by atoms with van der Waals surface area (Å²) in [5.74, 6) is -0.334. The average molecular weight is 344 g/mol. The van der Waals surface area contributed by atoms with Gasteiger partial charge in [0, 0.05) is 5.57 Å². The molecule has 0 unspecified atom stereocenters. The van der Waals surface area contributed by atoms with E-state index in [1.807, 2.05) is 45.9 Å². The third-order valence-electron chi connectivity index (χ3n) is 3.62. The van der Waals surface area contributed by atoms with Crippen LogP contribution < -0.4 is 5.76 Å². The summed E-state index contributed by atoms with van der Waals surface area (Å²) in [4.78, 5) is 13.7. The summed E-state index contributed by atoms with van der Waals surface area (Å²) in [6.45, 7) is 11.0. The maximum absolute atomic E-state index is 13.4. The van der Waals surface area contributed by atoms with Crippen molar-refractivity contribution in [1.82, 2.24) is 10.1 Å². The Morgan fingerprint density at radius 3 is 2.64 bits per heavy atom. The Morgan fingerprint density at radius 2 is 2.12 bits per heavy atom. The molecule has 2 rings (SSSR count). The van der Waals surface area contributed by atoms with Crippen molar-refractivity contribution in [2.45, 2.75) is 40.8 Å². The highest BCUT2D eigenvalue weighted by Crippen LogP contribution is 2.28. The summed E-state index contributed by atoms with van der Waals surface area (Å²) in [6.07, 6.45) is 5.94. The molecule has 2 aromatic rings. The summed E-state index contributed by atoms with van der Waals surface area (Å²) in [5.41, 5.74) is 3.90. The molecule has 0 saturated carbocycles. The minimum absolute atomic E-state index is 0.301. The Balaban J connectivity index is 0.00000151. The van der Waals surface area contributed by atoms with E-state index in [2.05, 4.69) is 21.2 Å². The van der Waals surface area contributed by atoms with Crippen molar-refractivity contribution in [1.29, 1.82) is 0 Å². The topological polar surface area (TPSA) is 58.9 Å². The molecule has 0 bridgehead atoms. The molecule has 134 valence electrons. The van der Waals surface area contributed by atoms with E-state index in [4.69, 9.17) is 0 Å². The van der Waals surface area contributed by atoms with Crippen molar-refractivity contribution in [2.24, 2.45) is 0 Å². The smallest absolute Gasteiger partial charge is 0.296 e. The number of allylic oxidation sites excluding steroid dienone is 5. The van der Waals surface area contributed by atoms with Crippen LogP contribution >= 0.6 is 0 Å². The van der Waals surface area contributed by atoms with Gasteiger partial charge in [0.2, 0.25) is 0 Å². The quantitative estimate of drug-likeness (QED) is 0.742. The highest BCUT2D eigenvalue weighted by atomic mass is 19.1. The molecule has 1 aromatic carbocycles. The molecule has 4 nitrogen and oxygen atoms in total. The Bertz CT molecular complexity index is 813. The fraction of sp³-hybridized carbons (Fsp3) is 0.300. The number of nitrogens with one attached hydrogen (secondary N) is 1. The largest absolute Gasteiger partial charge is 0.439 e. The first-order chi connectivity index (χ1) is 12.1. The Hall–Kier alpha value is -2.69. The molecule has 0 amide bonds. The number of benzene rings is 1. The monoisotopic (exact) mass is 344 g/mol. The first kappa shape index (κ1) is 20.4. The van der Waals surface area contributed by atoms with Gasteiger partial charge < -0.3 is 0 Å². The highest BCUT2D eigenvalue weighted by molar-refractivity contribution is 5.93. The highest BCUT2D eigenvalue weighted by Gasteiger charge is 2.13. The zero-order valence-electron chi connectivity index (χ0n) is 15.2. The minimum atomic E-state index is -0.635. The lowest BCUT2D eigenvalue weighted by molar-refractivity contribution is 0.385. The third kappa shape index (κ3) is 5.14. The van der Waals surface area contributed by atoms with Gasteiger partial charge in [0.05, 0.1) is 0 Å². The van der Waals surface area contributed by atoms with E-state index < -0.39 is 12.4 Å². The fourth-order valence-electron chi connectivity index (χ4n) is 2.38. The molecule has 0 spiro atoms. The summed E-state index contributed by atoms with van der Waals surface area (Å²) < 4.78 is 18.0.